The van der Waals surface area contributed by atoms with Crippen molar-refractivity contribution in [3.8, 4) is 0 Å². The van der Waals surface area contributed by atoms with Crippen LogP contribution >= 0.6 is 23.2 Å². The molecule has 0 aliphatic heterocycles. The molecule has 0 saturated heterocycles. The van der Waals surface area contributed by atoms with Gasteiger partial charge in [-0.1, -0.05) is 23.2 Å². The van der Waals surface area contributed by atoms with Gasteiger partial charge in [0.15, 0.2) is 11.6 Å². The van der Waals surface area contributed by atoms with E-state index in [1.165, 1.54) is 0 Å². The van der Waals surface area contributed by atoms with Crippen LogP contribution in [-0.2, 0) is 11.0 Å². The number of amides is 1. The highest BCUT2D eigenvalue weighted by molar-refractivity contribution is 6.33. The molecular weight excluding hydrogens is 444 g/mol. The Bertz CT molecular complexity index is 952. The maximum atomic E-state index is 14.4. The lowest BCUT2D eigenvalue weighted by Gasteiger charge is -2.15. The van der Waals surface area contributed by atoms with Gasteiger partial charge in [0.1, 0.15) is 5.82 Å². The number of carbonyl (C=O) groups is 1. The maximum absolute atomic E-state index is 14.4. The number of hydrogen-bond donors (Lipinski definition) is 2. The molecule has 3 rings (SSSR count). The van der Waals surface area contributed by atoms with Gasteiger partial charge < -0.3 is 5.32 Å². The SMILES string of the molecule is O=C(NOCC1CC1)c1cc(Cl)c(F)c(F)c1Nc1ncc(C(F)(F)F)cc1Cl. The Balaban J connectivity index is 1.91. The van der Waals surface area contributed by atoms with E-state index in [9.17, 15) is 26.7 Å². The van der Waals surface area contributed by atoms with E-state index in [4.69, 9.17) is 28.0 Å². The number of halogens is 7. The summed E-state index contributed by atoms with van der Waals surface area (Å²) in [6.45, 7) is 0.248. The van der Waals surface area contributed by atoms with E-state index in [0.29, 0.717) is 18.2 Å². The van der Waals surface area contributed by atoms with E-state index in [1.807, 2.05) is 0 Å². The molecular formula is C17H12Cl2F5N3O2. The number of carbonyl (C=O) groups excluding carboxylic acids is 1. The van der Waals surface area contributed by atoms with Crippen LogP contribution in [0.5, 0.6) is 0 Å². The first kappa shape index (κ1) is 21.5. The lowest BCUT2D eigenvalue weighted by Crippen LogP contribution is -2.26. The predicted molar refractivity (Wildman–Crippen MR) is 95.0 cm³/mol. The predicted octanol–water partition coefficient (Wildman–Crippen LogP) is 5.50. The molecule has 12 heteroatoms. The summed E-state index contributed by atoms with van der Waals surface area (Å²) in [7, 11) is 0. The molecule has 29 heavy (non-hydrogen) atoms. The Morgan fingerprint density at radius 1 is 1.17 bits per heavy atom. The van der Waals surface area contributed by atoms with Crippen molar-refractivity contribution < 1.29 is 31.6 Å². The molecule has 0 atom stereocenters. The van der Waals surface area contributed by atoms with Crippen LogP contribution < -0.4 is 10.8 Å². The fourth-order valence-electron chi connectivity index (χ4n) is 2.26. The fraction of sp³-hybridized carbons (Fsp3) is 0.294. The topological polar surface area (TPSA) is 63.2 Å². The van der Waals surface area contributed by atoms with E-state index in [1.54, 1.807) is 0 Å². The summed E-state index contributed by atoms with van der Waals surface area (Å²) in [4.78, 5) is 20.8. The summed E-state index contributed by atoms with van der Waals surface area (Å²) in [6, 6.07) is 1.40. The normalized spacial score (nSPS) is 14.0. The van der Waals surface area contributed by atoms with Crippen LogP contribution in [-0.4, -0.2) is 17.5 Å². The van der Waals surface area contributed by atoms with Gasteiger partial charge >= 0.3 is 6.18 Å². The van der Waals surface area contributed by atoms with E-state index in [-0.39, 0.29) is 6.61 Å². The van der Waals surface area contributed by atoms with E-state index < -0.39 is 56.4 Å². The van der Waals surface area contributed by atoms with Crippen molar-refractivity contribution in [2.45, 2.75) is 19.0 Å². The van der Waals surface area contributed by atoms with Gasteiger partial charge in [-0.25, -0.2) is 19.2 Å². The quantitative estimate of drug-likeness (QED) is 0.343. The molecule has 1 aliphatic rings. The highest BCUT2D eigenvalue weighted by atomic mass is 35.5. The zero-order chi connectivity index (χ0) is 21.3. The van der Waals surface area contributed by atoms with Crippen molar-refractivity contribution in [3.05, 3.63) is 51.1 Å². The number of nitrogens with zero attached hydrogens (tertiary/aromatic N) is 1. The standard InChI is InChI=1S/C17H12Cl2F5N3O2/c18-10-4-9(16(28)27-29-6-7-1-2-7)14(13(21)12(10)20)26-15-11(19)3-8(5-25-15)17(22,23)24/h3-5,7H,1-2,6H2,(H,25,26)(H,27,28). The largest absolute Gasteiger partial charge is 0.417 e. The summed E-state index contributed by atoms with van der Waals surface area (Å²) in [5.41, 5.74) is -0.222. The van der Waals surface area contributed by atoms with E-state index in [2.05, 4.69) is 15.8 Å². The average Bonchev–Trinajstić information content (AvgIpc) is 3.46. The number of rotatable bonds is 6. The van der Waals surface area contributed by atoms with Crippen LogP contribution in [0.2, 0.25) is 10.0 Å². The Morgan fingerprint density at radius 2 is 1.86 bits per heavy atom. The summed E-state index contributed by atoms with van der Waals surface area (Å²) >= 11 is 11.4. The van der Waals surface area contributed by atoms with Crippen molar-refractivity contribution in [1.82, 2.24) is 10.5 Å². The number of pyridine rings is 1. The van der Waals surface area contributed by atoms with Crippen molar-refractivity contribution in [3.63, 3.8) is 0 Å². The van der Waals surface area contributed by atoms with Crippen molar-refractivity contribution in [2.24, 2.45) is 5.92 Å². The number of hydrogen-bond acceptors (Lipinski definition) is 4. The van der Waals surface area contributed by atoms with Gasteiger partial charge in [-0.3, -0.25) is 9.63 Å². The molecule has 1 aliphatic carbocycles. The number of nitrogens with one attached hydrogen (secondary N) is 2. The van der Waals surface area contributed by atoms with Crippen LogP contribution in [0, 0.1) is 17.6 Å². The summed E-state index contributed by atoms with van der Waals surface area (Å²) in [5.74, 6) is -4.06. The zero-order valence-electron chi connectivity index (χ0n) is 14.3. The molecule has 1 amide bonds. The summed E-state index contributed by atoms with van der Waals surface area (Å²) in [5, 5.41) is 1.05. The molecule has 1 fully saturated rings. The van der Waals surface area contributed by atoms with Crippen LogP contribution in [0.3, 0.4) is 0 Å². The van der Waals surface area contributed by atoms with Gasteiger partial charge in [0.05, 0.1) is 33.5 Å². The van der Waals surface area contributed by atoms with Crippen LogP contribution in [0.15, 0.2) is 18.3 Å². The number of alkyl halides is 3. The number of benzene rings is 1. The van der Waals surface area contributed by atoms with Crippen molar-refractivity contribution in [1.29, 1.82) is 0 Å². The van der Waals surface area contributed by atoms with Crippen LogP contribution in [0.4, 0.5) is 33.5 Å². The Labute approximate surface area is 171 Å². The van der Waals surface area contributed by atoms with Gasteiger partial charge in [0.2, 0.25) is 0 Å². The molecule has 156 valence electrons. The summed E-state index contributed by atoms with van der Waals surface area (Å²) < 4.78 is 66.5. The van der Waals surface area contributed by atoms with Crippen LogP contribution in [0.25, 0.3) is 0 Å². The highest BCUT2D eigenvalue weighted by Gasteiger charge is 2.32. The number of aromatic nitrogens is 1. The molecule has 1 aromatic heterocycles. The van der Waals surface area contributed by atoms with Gasteiger partial charge in [-0.15, -0.1) is 0 Å². The third-order valence-electron chi connectivity index (χ3n) is 4.00. The molecule has 1 aromatic carbocycles. The van der Waals surface area contributed by atoms with Gasteiger partial charge in [0.25, 0.3) is 5.91 Å². The molecule has 2 N–H and O–H groups in total. The Hall–Kier alpha value is -2.17. The van der Waals surface area contributed by atoms with Gasteiger partial charge in [-0.2, -0.15) is 13.2 Å². The average molecular weight is 456 g/mol. The Morgan fingerprint density at radius 3 is 2.45 bits per heavy atom. The molecule has 5 nitrogen and oxygen atoms in total. The first-order valence-corrected chi connectivity index (χ1v) is 8.93. The van der Waals surface area contributed by atoms with E-state index in [0.717, 1.165) is 18.9 Å². The third-order valence-corrected chi connectivity index (χ3v) is 4.56. The zero-order valence-corrected chi connectivity index (χ0v) is 15.9. The minimum absolute atomic E-state index is 0.248. The molecule has 2 aromatic rings. The lowest BCUT2D eigenvalue weighted by atomic mass is 10.1. The maximum Gasteiger partial charge on any atom is 0.417 e. The first-order chi connectivity index (χ1) is 13.6. The second kappa shape index (κ2) is 8.29. The first-order valence-electron chi connectivity index (χ1n) is 8.17. The van der Waals surface area contributed by atoms with Crippen molar-refractivity contribution in [2.75, 3.05) is 11.9 Å². The molecule has 0 radical (unpaired) electrons. The second-order valence-electron chi connectivity index (χ2n) is 6.27. The van der Waals surface area contributed by atoms with Crippen molar-refractivity contribution >= 4 is 40.6 Å². The summed E-state index contributed by atoms with van der Waals surface area (Å²) in [6.07, 6.45) is -2.33. The molecule has 0 spiro atoms. The van der Waals surface area contributed by atoms with Gasteiger partial charge in [-0.05, 0) is 30.9 Å². The van der Waals surface area contributed by atoms with E-state index >= 15 is 0 Å². The molecule has 1 heterocycles. The van der Waals surface area contributed by atoms with Crippen LogP contribution in [0.1, 0.15) is 28.8 Å². The Kier molecular flexibility index (Phi) is 6.16. The van der Waals surface area contributed by atoms with Gasteiger partial charge in [0, 0.05) is 6.20 Å². The third kappa shape index (κ3) is 5.06. The molecule has 0 bridgehead atoms. The number of hydroxylamine groups is 1. The minimum atomic E-state index is -4.70. The smallest absolute Gasteiger partial charge is 0.336 e. The fourth-order valence-corrected chi connectivity index (χ4v) is 2.67. The minimum Gasteiger partial charge on any atom is -0.336 e. The number of anilines is 2. The highest BCUT2D eigenvalue weighted by Crippen LogP contribution is 2.36. The second-order valence-corrected chi connectivity index (χ2v) is 7.09. The molecule has 0 unspecified atom stereocenters. The molecule has 1 saturated carbocycles. The monoisotopic (exact) mass is 455 g/mol. The lowest BCUT2D eigenvalue weighted by molar-refractivity contribution is -0.137.